The van der Waals surface area contributed by atoms with E-state index in [4.69, 9.17) is 9.72 Å². The minimum atomic E-state index is -0.511. The maximum atomic E-state index is 12.5. The molecule has 25 heavy (non-hydrogen) atoms. The SMILES string of the molecule is COc1ccc(-c2nc3cc4c(cc3n2C)C(C)(C)C(=O)N4C)cc1. The van der Waals surface area contributed by atoms with Gasteiger partial charge < -0.3 is 14.2 Å². The number of benzene rings is 2. The van der Waals surface area contributed by atoms with Crippen LogP contribution in [0.4, 0.5) is 5.69 Å². The van der Waals surface area contributed by atoms with Crippen LogP contribution in [0, 0.1) is 0 Å². The van der Waals surface area contributed by atoms with Gasteiger partial charge in [0.05, 0.1) is 23.6 Å². The Kier molecular flexibility index (Phi) is 3.19. The summed E-state index contributed by atoms with van der Waals surface area (Å²) >= 11 is 0. The van der Waals surface area contributed by atoms with Crippen LogP contribution < -0.4 is 9.64 Å². The molecule has 0 saturated heterocycles. The zero-order valence-electron chi connectivity index (χ0n) is 15.1. The van der Waals surface area contributed by atoms with Gasteiger partial charge in [0.25, 0.3) is 0 Å². The Labute approximate surface area is 146 Å². The number of nitrogens with zero attached hydrogens (tertiary/aromatic N) is 3. The molecule has 1 aliphatic rings. The molecule has 5 heteroatoms. The third kappa shape index (κ3) is 2.08. The Hall–Kier alpha value is -2.82. The molecule has 0 unspecified atom stereocenters. The standard InChI is InChI=1S/C20H21N3O2/c1-20(2)14-10-17-15(11-16(14)23(4)19(20)24)21-18(22(17)3)12-6-8-13(25-5)9-7-12/h6-11H,1-5H3. The molecule has 2 aromatic carbocycles. The lowest BCUT2D eigenvalue weighted by atomic mass is 9.86. The highest BCUT2D eigenvalue weighted by molar-refractivity contribution is 6.09. The van der Waals surface area contributed by atoms with Gasteiger partial charge in [-0.15, -0.1) is 0 Å². The van der Waals surface area contributed by atoms with Gasteiger partial charge in [0.1, 0.15) is 11.6 Å². The topological polar surface area (TPSA) is 47.4 Å². The second-order valence-corrected chi connectivity index (χ2v) is 7.07. The van der Waals surface area contributed by atoms with E-state index in [1.54, 1.807) is 12.0 Å². The van der Waals surface area contributed by atoms with Crippen molar-refractivity contribution in [2.45, 2.75) is 19.3 Å². The summed E-state index contributed by atoms with van der Waals surface area (Å²) in [5.74, 6) is 1.84. The Morgan fingerprint density at radius 1 is 1.08 bits per heavy atom. The van der Waals surface area contributed by atoms with E-state index in [2.05, 4.69) is 10.6 Å². The smallest absolute Gasteiger partial charge is 0.236 e. The van der Waals surface area contributed by atoms with E-state index in [0.29, 0.717) is 0 Å². The second kappa shape index (κ2) is 5.09. The van der Waals surface area contributed by atoms with Gasteiger partial charge in [0.15, 0.2) is 0 Å². The van der Waals surface area contributed by atoms with E-state index in [1.165, 1.54) is 0 Å². The summed E-state index contributed by atoms with van der Waals surface area (Å²) in [5.41, 5.74) is 4.44. The molecule has 0 aliphatic carbocycles. The first-order valence-corrected chi connectivity index (χ1v) is 8.28. The van der Waals surface area contributed by atoms with Gasteiger partial charge in [-0.2, -0.15) is 0 Å². The molecule has 0 N–H and O–H groups in total. The van der Waals surface area contributed by atoms with Crippen molar-refractivity contribution in [2.75, 3.05) is 19.1 Å². The number of ether oxygens (including phenoxy) is 1. The number of aryl methyl sites for hydroxylation is 1. The second-order valence-electron chi connectivity index (χ2n) is 7.07. The third-order valence-electron chi connectivity index (χ3n) is 5.22. The van der Waals surface area contributed by atoms with Crippen molar-refractivity contribution in [3.8, 4) is 17.1 Å². The van der Waals surface area contributed by atoms with Gasteiger partial charge >= 0.3 is 0 Å². The number of methoxy groups -OCH3 is 1. The molecular weight excluding hydrogens is 314 g/mol. The van der Waals surface area contributed by atoms with Gasteiger partial charge in [0, 0.05) is 25.3 Å². The van der Waals surface area contributed by atoms with Crippen LogP contribution >= 0.6 is 0 Å². The van der Waals surface area contributed by atoms with Crippen molar-refractivity contribution < 1.29 is 9.53 Å². The van der Waals surface area contributed by atoms with Gasteiger partial charge in [-0.1, -0.05) is 0 Å². The largest absolute Gasteiger partial charge is 0.497 e. The van der Waals surface area contributed by atoms with Crippen LogP contribution in [0.15, 0.2) is 36.4 Å². The molecule has 0 atom stereocenters. The number of amides is 1. The summed E-state index contributed by atoms with van der Waals surface area (Å²) < 4.78 is 7.31. The molecule has 1 aliphatic heterocycles. The fraction of sp³-hybridized carbons (Fsp3) is 0.300. The van der Waals surface area contributed by atoms with Crippen molar-refractivity contribution in [1.29, 1.82) is 0 Å². The maximum Gasteiger partial charge on any atom is 0.236 e. The summed E-state index contributed by atoms with van der Waals surface area (Å²) in [5, 5.41) is 0. The van der Waals surface area contributed by atoms with Gasteiger partial charge in [-0.3, -0.25) is 4.79 Å². The summed E-state index contributed by atoms with van der Waals surface area (Å²) in [6.07, 6.45) is 0. The van der Waals surface area contributed by atoms with E-state index in [1.807, 2.05) is 58.3 Å². The highest BCUT2D eigenvalue weighted by Crippen LogP contribution is 2.43. The quantitative estimate of drug-likeness (QED) is 0.720. The fourth-order valence-electron chi connectivity index (χ4n) is 3.65. The molecule has 0 radical (unpaired) electrons. The first kappa shape index (κ1) is 15.7. The highest BCUT2D eigenvalue weighted by atomic mass is 16.5. The molecule has 0 bridgehead atoms. The first-order valence-electron chi connectivity index (χ1n) is 8.28. The summed E-state index contributed by atoms with van der Waals surface area (Å²) in [7, 11) is 5.50. The van der Waals surface area contributed by atoms with Crippen molar-refractivity contribution in [1.82, 2.24) is 9.55 Å². The number of likely N-dealkylation sites (N-methyl/N-ethyl adjacent to an activating group) is 1. The number of hydrogen-bond donors (Lipinski definition) is 0. The number of aromatic nitrogens is 2. The number of carbonyl (C=O) groups is 1. The van der Waals surface area contributed by atoms with Crippen LogP contribution in [0.1, 0.15) is 19.4 Å². The predicted octanol–water partition coefficient (Wildman–Crippen LogP) is 3.50. The Balaban J connectivity index is 1.91. The Morgan fingerprint density at radius 2 is 1.76 bits per heavy atom. The first-order chi connectivity index (χ1) is 11.8. The number of anilines is 1. The normalized spacial score (nSPS) is 15.7. The zero-order chi connectivity index (χ0) is 17.9. The van der Waals surface area contributed by atoms with E-state index in [9.17, 15) is 4.79 Å². The molecule has 0 saturated carbocycles. The van der Waals surface area contributed by atoms with Gasteiger partial charge in [-0.05, 0) is 55.8 Å². The van der Waals surface area contributed by atoms with Crippen molar-refractivity contribution in [2.24, 2.45) is 7.05 Å². The molecule has 4 rings (SSSR count). The molecule has 1 aromatic heterocycles. The fourth-order valence-corrected chi connectivity index (χ4v) is 3.65. The Morgan fingerprint density at radius 3 is 2.40 bits per heavy atom. The lowest BCUT2D eigenvalue weighted by molar-refractivity contribution is -0.121. The average molecular weight is 335 g/mol. The van der Waals surface area contributed by atoms with Crippen LogP contribution in [0.5, 0.6) is 5.75 Å². The number of carbonyl (C=O) groups excluding carboxylic acids is 1. The lowest BCUT2D eigenvalue weighted by Gasteiger charge is -2.16. The summed E-state index contributed by atoms with van der Waals surface area (Å²) in [6, 6.07) is 12.0. The van der Waals surface area contributed by atoms with E-state index >= 15 is 0 Å². The number of fused-ring (bicyclic) bond motifs is 2. The van der Waals surface area contributed by atoms with Crippen LogP contribution in [0.25, 0.3) is 22.4 Å². The van der Waals surface area contributed by atoms with Crippen LogP contribution in [-0.2, 0) is 17.3 Å². The molecule has 1 amide bonds. The lowest BCUT2D eigenvalue weighted by Crippen LogP contribution is -2.33. The molecule has 0 spiro atoms. The molecule has 128 valence electrons. The van der Waals surface area contributed by atoms with Crippen LogP contribution in [-0.4, -0.2) is 29.6 Å². The van der Waals surface area contributed by atoms with Crippen molar-refractivity contribution in [3.63, 3.8) is 0 Å². The van der Waals surface area contributed by atoms with Crippen molar-refractivity contribution >= 4 is 22.6 Å². The number of imidazole rings is 1. The molecule has 5 nitrogen and oxygen atoms in total. The summed E-state index contributed by atoms with van der Waals surface area (Å²) in [4.78, 5) is 19.0. The molecule has 3 aromatic rings. The van der Waals surface area contributed by atoms with E-state index < -0.39 is 5.41 Å². The van der Waals surface area contributed by atoms with E-state index in [0.717, 1.165) is 39.4 Å². The minimum Gasteiger partial charge on any atom is -0.497 e. The van der Waals surface area contributed by atoms with Gasteiger partial charge in [-0.25, -0.2) is 4.98 Å². The predicted molar refractivity (Wildman–Crippen MR) is 99.1 cm³/mol. The number of rotatable bonds is 2. The van der Waals surface area contributed by atoms with Crippen LogP contribution in [0.2, 0.25) is 0 Å². The molecule has 2 heterocycles. The summed E-state index contributed by atoms with van der Waals surface area (Å²) in [6.45, 7) is 3.95. The third-order valence-corrected chi connectivity index (χ3v) is 5.22. The van der Waals surface area contributed by atoms with Crippen molar-refractivity contribution in [3.05, 3.63) is 42.0 Å². The minimum absolute atomic E-state index is 0.119. The zero-order valence-corrected chi connectivity index (χ0v) is 15.1. The highest BCUT2D eigenvalue weighted by Gasteiger charge is 2.42. The number of hydrogen-bond acceptors (Lipinski definition) is 3. The molecule has 0 fully saturated rings. The molecular formula is C20H21N3O2. The van der Waals surface area contributed by atoms with E-state index in [-0.39, 0.29) is 5.91 Å². The van der Waals surface area contributed by atoms with Gasteiger partial charge in [0.2, 0.25) is 5.91 Å². The van der Waals surface area contributed by atoms with Crippen LogP contribution in [0.3, 0.4) is 0 Å². The Bertz CT molecular complexity index is 1000. The average Bonchev–Trinajstić information content (AvgIpc) is 3.02. The maximum absolute atomic E-state index is 12.5. The monoisotopic (exact) mass is 335 g/mol.